The van der Waals surface area contributed by atoms with Crippen molar-refractivity contribution in [3.63, 3.8) is 0 Å². The van der Waals surface area contributed by atoms with E-state index in [2.05, 4.69) is 5.32 Å². The van der Waals surface area contributed by atoms with Crippen LogP contribution in [-0.2, 0) is 4.79 Å². The van der Waals surface area contributed by atoms with E-state index in [4.69, 9.17) is 9.15 Å². The van der Waals surface area contributed by atoms with Gasteiger partial charge < -0.3 is 14.5 Å². The highest BCUT2D eigenvalue weighted by Gasteiger charge is 2.44. The summed E-state index contributed by atoms with van der Waals surface area (Å²) in [4.78, 5) is 36.4. The molecule has 0 bridgehead atoms. The summed E-state index contributed by atoms with van der Waals surface area (Å²) in [6.45, 7) is 7.08. The number of nitrogens with one attached hydrogen (secondary N) is 1. The van der Waals surface area contributed by atoms with Gasteiger partial charge in [-0.05, 0) is 45.9 Å². The van der Waals surface area contributed by atoms with E-state index in [0.29, 0.717) is 22.3 Å². The summed E-state index contributed by atoms with van der Waals surface area (Å²) in [7, 11) is 0. The minimum Gasteiger partial charge on any atom is -0.484 e. The minimum atomic E-state index is -0.959. The summed E-state index contributed by atoms with van der Waals surface area (Å²) in [6, 6.07) is 5.15. The highest BCUT2D eigenvalue weighted by Crippen LogP contribution is 2.38. The Bertz CT molecular complexity index is 963. The van der Waals surface area contributed by atoms with Crippen LogP contribution in [0.2, 0.25) is 0 Å². The van der Waals surface area contributed by atoms with E-state index in [-0.39, 0.29) is 11.7 Å². The normalized spacial score (nSPS) is 18.2. The highest BCUT2D eigenvalue weighted by molar-refractivity contribution is 6.10. The molecule has 25 heavy (non-hydrogen) atoms. The molecule has 3 rings (SSSR count). The average molecular weight is 341 g/mol. The van der Waals surface area contributed by atoms with Crippen LogP contribution >= 0.6 is 0 Å². The fraction of sp³-hybridized carbons (Fsp3) is 0.316. The molecule has 1 amide bonds. The summed E-state index contributed by atoms with van der Waals surface area (Å²) in [5, 5.41) is 3.27. The molecule has 2 aromatic rings. The standard InChI is InChI=1S/C19H19NO5/c1-10(2)9-14(21)20-18-16(23)12-5-7-13-11(6-8-15(22)24-13)17(12)25-19(18,3)4/h5-9,18H,1-4H3,(H,20,21). The summed E-state index contributed by atoms with van der Waals surface area (Å²) >= 11 is 0. The lowest BCUT2D eigenvalue weighted by molar-refractivity contribution is -0.118. The van der Waals surface area contributed by atoms with Crippen molar-refractivity contribution in [1.29, 1.82) is 0 Å². The largest absolute Gasteiger partial charge is 0.484 e. The van der Waals surface area contributed by atoms with Gasteiger partial charge in [0.15, 0.2) is 5.78 Å². The Morgan fingerprint density at radius 3 is 2.56 bits per heavy atom. The number of hydrogen-bond acceptors (Lipinski definition) is 5. The van der Waals surface area contributed by atoms with Crippen LogP contribution in [0.3, 0.4) is 0 Å². The van der Waals surface area contributed by atoms with Crippen molar-refractivity contribution in [3.05, 3.63) is 51.9 Å². The van der Waals surface area contributed by atoms with Gasteiger partial charge in [-0.3, -0.25) is 9.59 Å². The van der Waals surface area contributed by atoms with E-state index in [1.807, 2.05) is 0 Å². The SMILES string of the molecule is CC(C)=CC(=O)NC1C(=O)c2ccc3oc(=O)ccc3c2OC1(C)C. The first-order chi connectivity index (χ1) is 11.7. The van der Waals surface area contributed by atoms with Crippen LogP contribution in [-0.4, -0.2) is 23.3 Å². The van der Waals surface area contributed by atoms with Gasteiger partial charge in [0.25, 0.3) is 0 Å². The molecule has 1 aliphatic heterocycles. The second-order valence-electron chi connectivity index (χ2n) is 6.84. The molecule has 0 fully saturated rings. The van der Waals surface area contributed by atoms with Crippen molar-refractivity contribution in [2.75, 3.05) is 0 Å². The smallest absolute Gasteiger partial charge is 0.336 e. The van der Waals surface area contributed by atoms with Gasteiger partial charge in [-0.15, -0.1) is 0 Å². The predicted molar refractivity (Wildman–Crippen MR) is 92.9 cm³/mol. The van der Waals surface area contributed by atoms with E-state index < -0.39 is 17.3 Å². The van der Waals surface area contributed by atoms with Gasteiger partial charge >= 0.3 is 5.63 Å². The molecule has 0 saturated carbocycles. The van der Waals surface area contributed by atoms with Crippen LogP contribution < -0.4 is 15.7 Å². The molecule has 130 valence electrons. The Labute approximate surface area is 144 Å². The molecule has 6 heteroatoms. The van der Waals surface area contributed by atoms with E-state index in [9.17, 15) is 14.4 Å². The number of fused-ring (bicyclic) bond motifs is 3. The molecule has 6 nitrogen and oxygen atoms in total. The lowest BCUT2D eigenvalue weighted by Gasteiger charge is -2.39. The predicted octanol–water partition coefficient (Wildman–Crippen LogP) is 2.60. The zero-order chi connectivity index (χ0) is 18.4. The minimum absolute atomic E-state index is 0.241. The highest BCUT2D eigenvalue weighted by atomic mass is 16.5. The number of ketones is 1. The molecule has 0 saturated heterocycles. The fourth-order valence-electron chi connectivity index (χ4n) is 2.90. The van der Waals surface area contributed by atoms with Crippen molar-refractivity contribution < 1.29 is 18.7 Å². The molecule has 1 atom stereocenters. The van der Waals surface area contributed by atoms with Crippen LogP contribution in [0.4, 0.5) is 0 Å². The number of rotatable bonds is 2. The summed E-state index contributed by atoms with van der Waals surface area (Å²) in [5.41, 5.74) is 0.103. The number of carbonyl (C=O) groups excluding carboxylic acids is 2. The van der Waals surface area contributed by atoms with Crippen LogP contribution in [0, 0.1) is 0 Å². The van der Waals surface area contributed by atoms with Gasteiger partial charge in [0.2, 0.25) is 5.91 Å². The van der Waals surface area contributed by atoms with Crippen molar-refractivity contribution in [2.45, 2.75) is 39.3 Å². The summed E-state index contributed by atoms with van der Waals surface area (Å²) < 4.78 is 11.2. The maximum Gasteiger partial charge on any atom is 0.336 e. The van der Waals surface area contributed by atoms with Crippen LogP contribution in [0.1, 0.15) is 38.1 Å². The monoisotopic (exact) mass is 341 g/mol. The van der Waals surface area contributed by atoms with Gasteiger partial charge in [0.05, 0.1) is 10.9 Å². The molecular weight excluding hydrogens is 322 g/mol. The molecule has 0 aliphatic carbocycles. The maximum absolute atomic E-state index is 13.0. The van der Waals surface area contributed by atoms with E-state index in [1.165, 1.54) is 12.1 Å². The van der Waals surface area contributed by atoms with Gasteiger partial charge in [0, 0.05) is 12.1 Å². The van der Waals surface area contributed by atoms with Gasteiger partial charge in [0.1, 0.15) is 23.0 Å². The summed E-state index contributed by atoms with van der Waals surface area (Å²) in [5.74, 6) is -0.218. The Morgan fingerprint density at radius 1 is 1.16 bits per heavy atom. The second kappa shape index (κ2) is 5.88. The number of amides is 1. The Morgan fingerprint density at radius 2 is 1.88 bits per heavy atom. The van der Waals surface area contributed by atoms with Gasteiger partial charge in [-0.25, -0.2) is 4.79 Å². The van der Waals surface area contributed by atoms with Crippen molar-refractivity contribution in [1.82, 2.24) is 5.32 Å². The summed E-state index contributed by atoms with van der Waals surface area (Å²) in [6.07, 6.45) is 1.44. The average Bonchev–Trinajstić information content (AvgIpc) is 2.50. The Balaban J connectivity index is 2.08. The molecule has 2 heterocycles. The first-order valence-corrected chi connectivity index (χ1v) is 7.94. The number of allylic oxidation sites excluding steroid dienone is 1. The van der Waals surface area contributed by atoms with Crippen LogP contribution in [0.25, 0.3) is 11.0 Å². The van der Waals surface area contributed by atoms with Crippen LogP contribution in [0.5, 0.6) is 5.75 Å². The quantitative estimate of drug-likeness (QED) is 0.670. The Kier molecular flexibility index (Phi) is 3.99. The molecule has 1 aliphatic rings. The molecule has 0 spiro atoms. The van der Waals surface area contributed by atoms with Crippen molar-refractivity contribution in [2.24, 2.45) is 0 Å². The number of hydrogen-bond donors (Lipinski definition) is 1. The fourth-order valence-corrected chi connectivity index (χ4v) is 2.90. The van der Waals surface area contributed by atoms with E-state index in [1.54, 1.807) is 45.9 Å². The maximum atomic E-state index is 13.0. The van der Waals surface area contributed by atoms with Gasteiger partial charge in [-0.2, -0.15) is 0 Å². The lowest BCUT2D eigenvalue weighted by atomic mass is 9.86. The third kappa shape index (κ3) is 3.07. The third-order valence-corrected chi connectivity index (χ3v) is 4.05. The molecule has 1 unspecified atom stereocenters. The molecular formula is C19H19NO5. The number of carbonyl (C=O) groups is 2. The number of ether oxygens (including phenoxy) is 1. The van der Waals surface area contributed by atoms with Crippen LogP contribution in [0.15, 0.2) is 45.1 Å². The number of Topliss-reactive ketones (excluding diaryl/α,β-unsaturated/α-hetero) is 1. The zero-order valence-electron chi connectivity index (χ0n) is 14.5. The van der Waals surface area contributed by atoms with E-state index in [0.717, 1.165) is 5.57 Å². The van der Waals surface area contributed by atoms with E-state index >= 15 is 0 Å². The molecule has 1 aromatic heterocycles. The molecule has 1 N–H and O–H groups in total. The van der Waals surface area contributed by atoms with Crippen molar-refractivity contribution >= 4 is 22.7 Å². The Hall–Kier alpha value is -2.89. The molecule has 1 aromatic carbocycles. The first kappa shape index (κ1) is 17.0. The van der Waals surface area contributed by atoms with Gasteiger partial charge in [-0.1, -0.05) is 5.57 Å². The zero-order valence-corrected chi connectivity index (χ0v) is 14.5. The van der Waals surface area contributed by atoms with Crippen molar-refractivity contribution in [3.8, 4) is 5.75 Å². The lowest BCUT2D eigenvalue weighted by Crippen LogP contribution is -2.59. The topological polar surface area (TPSA) is 85.6 Å². The first-order valence-electron chi connectivity index (χ1n) is 7.94. The second-order valence-corrected chi connectivity index (χ2v) is 6.84. The third-order valence-electron chi connectivity index (χ3n) is 4.05. The molecule has 0 radical (unpaired) electrons. The number of benzene rings is 1.